The van der Waals surface area contributed by atoms with Crippen molar-refractivity contribution in [2.24, 2.45) is 0 Å². The van der Waals surface area contributed by atoms with E-state index in [4.69, 9.17) is 0 Å². The van der Waals surface area contributed by atoms with Crippen LogP contribution in [0.25, 0.3) is 32.7 Å². The zero-order chi connectivity index (χ0) is 15.8. The number of thiophene rings is 1. The van der Waals surface area contributed by atoms with Gasteiger partial charge in [-0.1, -0.05) is 54.6 Å². The van der Waals surface area contributed by atoms with E-state index >= 15 is 0 Å². The average Bonchev–Trinajstić information content (AvgIpc) is 3.00. The van der Waals surface area contributed by atoms with E-state index in [-0.39, 0.29) is 5.56 Å². The summed E-state index contributed by atoms with van der Waals surface area (Å²) >= 11 is 1.51. The first-order chi connectivity index (χ1) is 11.2. The van der Waals surface area contributed by atoms with E-state index in [1.165, 1.54) is 11.3 Å². The molecule has 0 bridgehead atoms. The number of nitrogens with one attached hydrogen (secondary N) is 1. The summed E-state index contributed by atoms with van der Waals surface area (Å²) in [6.07, 6.45) is 0. The minimum absolute atomic E-state index is 0.0895. The SMILES string of the molecule is Cc1ccccc1-c1nc2scc(-c3ccccc3)c2c(=O)[nH]1. The minimum Gasteiger partial charge on any atom is -0.306 e. The lowest BCUT2D eigenvalue weighted by Crippen LogP contribution is -2.09. The van der Waals surface area contributed by atoms with Crippen molar-refractivity contribution in [3.05, 3.63) is 75.9 Å². The molecule has 0 aliphatic rings. The van der Waals surface area contributed by atoms with Crippen LogP contribution in [0.1, 0.15) is 5.56 Å². The van der Waals surface area contributed by atoms with Gasteiger partial charge in [0.05, 0.1) is 5.39 Å². The quantitative estimate of drug-likeness (QED) is 0.586. The van der Waals surface area contributed by atoms with Gasteiger partial charge in [0.2, 0.25) is 0 Å². The van der Waals surface area contributed by atoms with E-state index in [0.717, 1.165) is 27.1 Å². The molecule has 0 saturated heterocycles. The lowest BCUT2D eigenvalue weighted by atomic mass is 10.1. The van der Waals surface area contributed by atoms with Crippen LogP contribution in [-0.4, -0.2) is 9.97 Å². The van der Waals surface area contributed by atoms with Gasteiger partial charge in [-0.15, -0.1) is 11.3 Å². The summed E-state index contributed by atoms with van der Waals surface area (Å²) in [4.78, 5) is 21.0. The van der Waals surface area contributed by atoms with Crippen LogP contribution in [0.15, 0.2) is 64.8 Å². The maximum absolute atomic E-state index is 12.7. The number of nitrogens with zero attached hydrogens (tertiary/aromatic N) is 1. The second-order valence-electron chi connectivity index (χ2n) is 5.43. The highest BCUT2D eigenvalue weighted by molar-refractivity contribution is 7.17. The number of aryl methyl sites for hydroxylation is 1. The van der Waals surface area contributed by atoms with Crippen molar-refractivity contribution in [3.63, 3.8) is 0 Å². The maximum atomic E-state index is 12.7. The summed E-state index contributed by atoms with van der Waals surface area (Å²) in [7, 11) is 0. The Hall–Kier alpha value is -2.72. The monoisotopic (exact) mass is 318 g/mol. The first kappa shape index (κ1) is 13.9. The Kier molecular flexibility index (Phi) is 3.32. The predicted octanol–water partition coefficient (Wildman–Crippen LogP) is 4.63. The Labute approximate surface area is 137 Å². The standard InChI is InChI=1S/C19H14N2OS/c1-12-7-5-6-10-14(12)17-20-18(22)16-15(11-23-19(16)21-17)13-8-3-2-4-9-13/h2-11H,1H3,(H,20,21,22). The molecule has 0 saturated carbocycles. The Balaban J connectivity index is 1.95. The third-order valence-electron chi connectivity index (χ3n) is 3.93. The number of aromatic nitrogens is 2. The number of H-pyrrole nitrogens is 1. The number of benzene rings is 2. The fraction of sp³-hybridized carbons (Fsp3) is 0.0526. The first-order valence-corrected chi connectivity index (χ1v) is 8.25. The third kappa shape index (κ3) is 2.37. The van der Waals surface area contributed by atoms with Crippen LogP contribution in [-0.2, 0) is 0 Å². The van der Waals surface area contributed by atoms with Gasteiger partial charge >= 0.3 is 0 Å². The van der Waals surface area contributed by atoms with Gasteiger partial charge in [0.25, 0.3) is 5.56 Å². The van der Waals surface area contributed by atoms with Crippen molar-refractivity contribution < 1.29 is 0 Å². The van der Waals surface area contributed by atoms with Gasteiger partial charge in [-0.3, -0.25) is 4.79 Å². The lowest BCUT2D eigenvalue weighted by molar-refractivity contribution is 1.18. The molecule has 0 amide bonds. The van der Waals surface area contributed by atoms with Gasteiger partial charge in [0.15, 0.2) is 0 Å². The van der Waals surface area contributed by atoms with Crippen molar-refractivity contribution in [1.82, 2.24) is 9.97 Å². The molecule has 1 N–H and O–H groups in total. The smallest absolute Gasteiger partial charge is 0.260 e. The molecule has 2 heterocycles. The van der Waals surface area contributed by atoms with Crippen molar-refractivity contribution in [1.29, 1.82) is 0 Å². The van der Waals surface area contributed by atoms with Crippen LogP contribution in [0, 0.1) is 6.92 Å². The summed E-state index contributed by atoms with van der Waals surface area (Å²) in [5, 5.41) is 2.67. The number of fused-ring (bicyclic) bond motifs is 1. The van der Waals surface area contributed by atoms with E-state index in [2.05, 4.69) is 9.97 Å². The Morgan fingerprint density at radius 1 is 0.957 bits per heavy atom. The molecule has 4 rings (SSSR count). The molecular weight excluding hydrogens is 304 g/mol. The molecule has 112 valence electrons. The van der Waals surface area contributed by atoms with E-state index in [9.17, 15) is 4.79 Å². The highest BCUT2D eigenvalue weighted by atomic mass is 32.1. The molecule has 3 nitrogen and oxygen atoms in total. The van der Waals surface area contributed by atoms with Crippen LogP contribution >= 0.6 is 11.3 Å². The van der Waals surface area contributed by atoms with Crippen LogP contribution in [0.2, 0.25) is 0 Å². The Bertz CT molecular complexity index is 1050. The summed E-state index contributed by atoms with van der Waals surface area (Å²) < 4.78 is 0. The molecule has 0 atom stereocenters. The summed E-state index contributed by atoms with van der Waals surface area (Å²) in [6.45, 7) is 2.02. The zero-order valence-electron chi connectivity index (χ0n) is 12.5. The third-order valence-corrected chi connectivity index (χ3v) is 4.80. The van der Waals surface area contributed by atoms with Gasteiger partial charge in [-0.05, 0) is 18.1 Å². The molecule has 0 aliphatic heterocycles. The first-order valence-electron chi connectivity index (χ1n) is 7.37. The second kappa shape index (κ2) is 5.48. The van der Waals surface area contributed by atoms with E-state index in [0.29, 0.717) is 11.2 Å². The normalized spacial score (nSPS) is 11.0. The average molecular weight is 318 g/mol. The minimum atomic E-state index is -0.0895. The Morgan fingerprint density at radius 2 is 1.70 bits per heavy atom. The van der Waals surface area contributed by atoms with Crippen LogP contribution in [0.5, 0.6) is 0 Å². The summed E-state index contributed by atoms with van der Waals surface area (Å²) in [5.74, 6) is 0.627. The van der Waals surface area contributed by atoms with Gasteiger partial charge in [-0.2, -0.15) is 0 Å². The van der Waals surface area contributed by atoms with Crippen molar-refractivity contribution in [3.8, 4) is 22.5 Å². The van der Waals surface area contributed by atoms with Gasteiger partial charge in [0, 0.05) is 16.5 Å². The number of hydrogen-bond donors (Lipinski definition) is 1. The van der Waals surface area contributed by atoms with E-state index in [1.807, 2.05) is 66.9 Å². The molecule has 0 aliphatic carbocycles. The largest absolute Gasteiger partial charge is 0.306 e. The van der Waals surface area contributed by atoms with E-state index in [1.54, 1.807) is 0 Å². The molecule has 2 aromatic heterocycles. The summed E-state index contributed by atoms with van der Waals surface area (Å²) in [5.41, 5.74) is 3.94. The number of aromatic amines is 1. The molecule has 0 unspecified atom stereocenters. The highest BCUT2D eigenvalue weighted by Gasteiger charge is 2.14. The van der Waals surface area contributed by atoms with Crippen molar-refractivity contribution >= 4 is 21.6 Å². The van der Waals surface area contributed by atoms with Gasteiger partial charge in [0.1, 0.15) is 10.7 Å². The molecule has 0 spiro atoms. The lowest BCUT2D eigenvalue weighted by Gasteiger charge is -2.05. The molecule has 23 heavy (non-hydrogen) atoms. The molecular formula is C19H14N2OS. The Morgan fingerprint density at radius 3 is 2.48 bits per heavy atom. The van der Waals surface area contributed by atoms with Crippen LogP contribution in [0.4, 0.5) is 0 Å². The molecule has 0 fully saturated rings. The summed E-state index contributed by atoms with van der Waals surface area (Å²) in [6, 6.07) is 17.9. The zero-order valence-corrected chi connectivity index (χ0v) is 13.4. The molecule has 2 aromatic carbocycles. The van der Waals surface area contributed by atoms with Gasteiger partial charge < -0.3 is 4.98 Å². The van der Waals surface area contributed by atoms with Crippen molar-refractivity contribution in [2.75, 3.05) is 0 Å². The fourth-order valence-electron chi connectivity index (χ4n) is 2.75. The van der Waals surface area contributed by atoms with Crippen LogP contribution in [0.3, 0.4) is 0 Å². The molecule has 0 radical (unpaired) electrons. The molecule has 4 aromatic rings. The highest BCUT2D eigenvalue weighted by Crippen LogP contribution is 2.31. The second-order valence-corrected chi connectivity index (χ2v) is 6.28. The van der Waals surface area contributed by atoms with Crippen molar-refractivity contribution in [2.45, 2.75) is 6.92 Å². The van der Waals surface area contributed by atoms with Gasteiger partial charge in [-0.25, -0.2) is 4.98 Å². The fourth-order valence-corrected chi connectivity index (χ4v) is 3.69. The number of hydrogen-bond acceptors (Lipinski definition) is 3. The van der Waals surface area contributed by atoms with E-state index < -0.39 is 0 Å². The predicted molar refractivity (Wildman–Crippen MR) is 95.8 cm³/mol. The van der Waals surface area contributed by atoms with Crippen LogP contribution < -0.4 is 5.56 Å². The number of rotatable bonds is 2. The molecule has 4 heteroatoms. The maximum Gasteiger partial charge on any atom is 0.260 e. The topological polar surface area (TPSA) is 45.8 Å².